The number of amides is 1. The number of ether oxygens (including phenoxy) is 2. The van der Waals surface area contributed by atoms with E-state index in [0.717, 1.165) is 11.1 Å². The second-order valence-corrected chi connectivity index (χ2v) is 6.76. The molecule has 0 spiro atoms. The molecule has 0 radical (unpaired) electrons. The molecule has 3 rings (SSSR count). The van der Waals surface area contributed by atoms with Gasteiger partial charge in [0.25, 0.3) is 5.91 Å². The Kier molecular flexibility index (Phi) is 6.29. The fourth-order valence-corrected chi connectivity index (χ4v) is 2.88. The van der Waals surface area contributed by atoms with Crippen LogP contribution >= 0.6 is 0 Å². The van der Waals surface area contributed by atoms with Crippen molar-refractivity contribution in [2.75, 3.05) is 12.4 Å². The molecule has 0 bridgehead atoms. The van der Waals surface area contributed by atoms with Gasteiger partial charge in [-0.25, -0.2) is 4.79 Å². The third kappa shape index (κ3) is 5.02. The predicted molar refractivity (Wildman–Crippen MR) is 112 cm³/mol. The van der Waals surface area contributed by atoms with Crippen LogP contribution in [-0.4, -0.2) is 19.0 Å². The molecule has 148 valence electrons. The van der Waals surface area contributed by atoms with Crippen molar-refractivity contribution in [3.05, 3.63) is 95.1 Å². The van der Waals surface area contributed by atoms with Gasteiger partial charge in [-0.15, -0.1) is 0 Å². The van der Waals surface area contributed by atoms with E-state index in [2.05, 4.69) is 5.32 Å². The van der Waals surface area contributed by atoms with Gasteiger partial charge in [-0.3, -0.25) is 4.79 Å². The van der Waals surface area contributed by atoms with Gasteiger partial charge < -0.3 is 14.8 Å². The van der Waals surface area contributed by atoms with Gasteiger partial charge in [0, 0.05) is 5.56 Å². The van der Waals surface area contributed by atoms with Crippen molar-refractivity contribution < 1.29 is 19.1 Å². The van der Waals surface area contributed by atoms with E-state index < -0.39 is 18.0 Å². The first-order chi connectivity index (χ1) is 14.0. The maximum Gasteiger partial charge on any atom is 0.339 e. The van der Waals surface area contributed by atoms with E-state index in [1.807, 2.05) is 38.1 Å². The highest BCUT2D eigenvalue weighted by Gasteiger charge is 2.26. The molecule has 1 N–H and O–H groups in total. The van der Waals surface area contributed by atoms with Crippen LogP contribution in [0.15, 0.2) is 72.8 Å². The number of hydrogen-bond donors (Lipinski definition) is 1. The van der Waals surface area contributed by atoms with Gasteiger partial charge in [-0.1, -0.05) is 54.1 Å². The monoisotopic (exact) mass is 389 g/mol. The van der Waals surface area contributed by atoms with Gasteiger partial charge >= 0.3 is 5.97 Å². The van der Waals surface area contributed by atoms with Crippen LogP contribution in [0.3, 0.4) is 0 Å². The first kappa shape index (κ1) is 20.1. The predicted octanol–water partition coefficient (Wildman–Crippen LogP) is 4.85. The second-order valence-electron chi connectivity index (χ2n) is 6.76. The summed E-state index contributed by atoms with van der Waals surface area (Å²) in [5.74, 6) is -0.494. The lowest BCUT2D eigenvalue weighted by atomic mass is 10.1. The molecule has 3 aromatic rings. The molecule has 1 atom stereocenters. The van der Waals surface area contributed by atoms with Gasteiger partial charge in [0.05, 0.1) is 18.4 Å². The van der Waals surface area contributed by atoms with Crippen molar-refractivity contribution in [3.8, 4) is 5.75 Å². The molecule has 0 fully saturated rings. The minimum atomic E-state index is -1.10. The Bertz CT molecular complexity index is 997. The van der Waals surface area contributed by atoms with Gasteiger partial charge in [0.15, 0.2) is 0 Å². The number of rotatable bonds is 6. The molecule has 1 amide bonds. The Morgan fingerprint density at radius 3 is 2.17 bits per heavy atom. The summed E-state index contributed by atoms with van der Waals surface area (Å²) in [6.07, 6.45) is -1.10. The van der Waals surface area contributed by atoms with Gasteiger partial charge in [-0.2, -0.15) is 0 Å². The maximum absolute atomic E-state index is 13.1. The smallest absolute Gasteiger partial charge is 0.339 e. The van der Waals surface area contributed by atoms with Gasteiger partial charge in [-0.05, 0) is 43.7 Å². The van der Waals surface area contributed by atoms with E-state index in [-0.39, 0.29) is 0 Å². The normalized spacial score (nSPS) is 11.4. The molecule has 0 heterocycles. The minimum Gasteiger partial charge on any atom is -0.495 e. The summed E-state index contributed by atoms with van der Waals surface area (Å²) < 4.78 is 10.9. The SMILES string of the molecule is COc1ccc(C)cc1NC(=O)C(OC(=O)c1ccc(C)cc1)c1ccccc1. The number of hydrogen-bond acceptors (Lipinski definition) is 4. The largest absolute Gasteiger partial charge is 0.495 e. The van der Waals surface area contributed by atoms with E-state index in [1.54, 1.807) is 48.5 Å². The Balaban J connectivity index is 1.88. The molecule has 0 saturated carbocycles. The molecule has 0 aliphatic heterocycles. The summed E-state index contributed by atoms with van der Waals surface area (Å²) in [5.41, 5.74) is 3.49. The number of methoxy groups -OCH3 is 1. The fraction of sp³-hybridized carbons (Fsp3) is 0.167. The van der Waals surface area contributed by atoms with Crippen LogP contribution < -0.4 is 10.1 Å². The lowest BCUT2D eigenvalue weighted by molar-refractivity contribution is -0.125. The highest BCUT2D eigenvalue weighted by atomic mass is 16.5. The minimum absolute atomic E-state index is 0.387. The summed E-state index contributed by atoms with van der Waals surface area (Å²) in [4.78, 5) is 25.7. The third-order valence-corrected chi connectivity index (χ3v) is 4.47. The summed E-state index contributed by atoms with van der Waals surface area (Å²) in [7, 11) is 1.53. The van der Waals surface area contributed by atoms with Crippen LogP contribution in [0, 0.1) is 13.8 Å². The van der Waals surface area contributed by atoms with Crippen molar-refractivity contribution in [1.82, 2.24) is 0 Å². The first-order valence-electron chi connectivity index (χ1n) is 9.26. The van der Waals surface area contributed by atoms with Crippen molar-refractivity contribution in [1.29, 1.82) is 0 Å². The molecule has 0 aromatic heterocycles. The molecule has 5 heteroatoms. The second kappa shape index (κ2) is 9.06. The van der Waals surface area contributed by atoms with E-state index in [4.69, 9.17) is 9.47 Å². The summed E-state index contributed by atoms with van der Waals surface area (Å²) in [6.45, 7) is 3.85. The highest BCUT2D eigenvalue weighted by Crippen LogP contribution is 2.28. The van der Waals surface area contributed by atoms with E-state index in [0.29, 0.717) is 22.6 Å². The molecular weight excluding hydrogens is 366 g/mol. The fourth-order valence-electron chi connectivity index (χ4n) is 2.88. The Hall–Kier alpha value is -3.60. The number of esters is 1. The zero-order valence-electron chi connectivity index (χ0n) is 16.6. The lowest BCUT2D eigenvalue weighted by Gasteiger charge is -2.19. The topological polar surface area (TPSA) is 64.6 Å². The summed E-state index contributed by atoms with van der Waals surface area (Å²) in [6, 6.07) is 21.4. The zero-order valence-corrected chi connectivity index (χ0v) is 16.6. The number of carbonyl (C=O) groups is 2. The third-order valence-electron chi connectivity index (χ3n) is 4.47. The molecular formula is C24H23NO4. The van der Waals surface area contributed by atoms with Crippen LogP contribution in [0.1, 0.15) is 33.2 Å². The van der Waals surface area contributed by atoms with Gasteiger partial charge in [0.2, 0.25) is 6.10 Å². The van der Waals surface area contributed by atoms with Crippen LogP contribution in [0.2, 0.25) is 0 Å². The number of anilines is 1. The first-order valence-corrected chi connectivity index (χ1v) is 9.26. The van der Waals surface area contributed by atoms with Crippen molar-refractivity contribution >= 4 is 17.6 Å². The van der Waals surface area contributed by atoms with E-state index in [9.17, 15) is 9.59 Å². The summed E-state index contributed by atoms with van der Waals surface area (Å²) >= 11 is 0. The molecule has 1 unspecified atom stereocenters. The average Bonchev–Trinajstić information content (AvgIpc) is 2.73. The van der Waals surface area contributed by atoms with E-state index in [1.165, 1.54) is 7.11 Å². The number of aryl methyl sites for hydroxylation is 2. The number of carbonyl (C=O) groups excluding carboxylic acids is 2. The molecule has 3 aromatic carbocycles. The molecule has 0 aliphatic carbocycles. The van der Waals surface area contributed by atoms with Gasteiger partial charge in [0.1, 0.15) is 5.75 Å². The van der Waals surface area contributed by atoms with Crippen LogP contribution in [0.4, 0.5) is 5.69 Å². The quantitative estimate of drug-likeness (QED) is 0.612. The molecule has 0 aliphatic rings. The highest BCUT2D eigenvalue weighted by molar-refractivity contribution is 5.99. The van der Waals surface area contributed by atoms with Crippen molar-refractivity contribution in [2.45, 2.75) is 20.0 Å². The number of benzene rings is 3. The molecule has 0 saturated heterocycles. The van der Waals surface area contributed by atoms with Crippen LogP contribution in [0.25, 0.3) is 0 Å². The summed E-state index contributed by atoms with van der Waals surface area (Å²) in [5, 5.41) is 2.83. The zero-order chi connectivity index (χ0) is 20.8. The Morgan fingerprint density at radius 1 is 0.862 bits per heavy atom. The lowest BCUT2D eigenvalue weighted by Crippen LogP contribution is -2.26. The molecule has 29 heavy (non-hydrogen) atoms. The van der Waals surface area contributed by atoms with Crippen molar-refractivity contribution in [2.24, 2.45) is 0 Å². The standard InChI is InChI=1S/C24H23NO4/c1-16-9-12-19(13-10-16)24(27)29-22(18-7-5-4-6-8-18)23(26)25-20-15-17(2)11-14-21(20)28-3/h4-15,22H,1-3H3,(H,25,26). The van der Waals surface area contributed by atoms with Crippen molar-refractivity contribution in [3.63, 3.8) is 0 Å². The Morgan fingerprint density at radius 2 is 1.52 bits per heavy atom. The van der Waals surface area contributed by atoms with Crippen LogP contribution in [-0.2, 0) is 9.53 Å². The maximum atomic E-state index is 13.1. The average molecular weight is 389 g/mol. The van der Waals surface area contributed by atoms with E-state index >= 15 is 0 Å². The molecule has 5 nitrogen and oxygen atoms in total. The Labute approximate surface area is 170 Å². The van der Waals surface area contributed by atoms with Crippen LogP contribution in [0.5, 0.6) is 5.75 Å². The number of nitrogens with one attached hydrogen (secondary N) is 1.